The van der Waals surface area contributed by atoms with E-state index in [2.05, 4.69) is 35.1 Å². The van der Waals surface area contributed by atoms with Gasteiger partial charge in [-0.2, -0.15) is 0 Å². The van der Waals surface area contributed by atoms with Crippen molar-refractivity contribution in [2.24, 2.45) is 0 Å². The summed E-state index contributed by atoms with van der Waals surface area (Å²) in [5.41, 5.74) is 6.34. The van der Waals surface area contributed by atoms with Crippen molar-refractivity contribution in [1.82, 2.24) is 0 Å². The first-order chi connectivity index (χ1) is 11.8. The number of rotatable bonds is 3. The zero-order chi connectivity index (χ0) is 18.0. The van der Waals surface area contributed by atoms with E-state index in [1.54, 1.807) is 12.1 Å². The van der Waals surface area contributed by atoms with Crippen LogP contribution in [0.25, 0.3) is 22.3 Å². The molecule has 0 radical (unpaired) electrons. The van der Waals surface area contributed by atoms with Crippen LogP contribution in [0.15, 0.2) is 66.7 Å². The number of ether oxygens (including phenoxy) is 1. The highest BCUT2D eigenvalue weighted by molar-refractivity contribution is 5.73. The Hall–Kier alpha value is -2.75. The standard InChI is InChI=1S/C21H17F3O/c1-14-3-5-16(6-4-14)18-9-12-20(15(2)13-18)17-7-10-19(11-8-17)25-21(22,23)24/h3-13H,1-2H3. The largest absolute Gasteiger partial charge is 0.573 e. The maximum atomic E-state index is 12.2. The number of hydrogen-bond acceptors (Lipinski definition) is 1. The lowest BCUT2D eigenvalue weighted by atomic mass is 9.95. The molecule has 0 N–H and O–H groups in total. The topological polar surface area (TPSA) is 9.23 Å². The number of benzene rings is 3. The third-order valence-corrected chi connectivity index (χ3v) is 4.01. The molecule has 0 spiro atoms. The molecular weight excluding hydrogens is 325 g/mol. The van der Waals surface area contributed by atoms with Gasteiger partial charge in [0, 0.05) is 0 Å². The second-order valence-electron chi connectivity index (χ2n) is 5.97. The third kappa shape index (κ3) is 4.21. The van der Waals surface area contributed by atoms with Crippen molar-refractivity contribution in [3.8, 4) is 28.0 Å². The van der Waals surface area contributed by atoms with Crippen LogP contribution in [-0.2, 0) is 0 Å². The van der Waals surface area contributed by atoms with Crippen LogP contribution in [0.2, 0.25) is 0 Å². The lowest BCUT2D eigenvalue weighted by molar-refractivity contribution is -0.274. The van der Waals surface area contributed by atoms with E-state index >= 15 is 0 Å². The van der Waals surface area contributed by atoms with Gasteiger partial charge in [0.2, 0.25) is 0 Å². The highest BCUT2D eigenvalue weighted by atomic mass is 19.4. The Morgan fingerprint density at radius 1 is 0.680 bits per heavy atom. The average molecular weight is 342 g/mol. The van der Waals surface area contributed by atoms with Crippen LogP contribution in [-0.4, -0.2) is 6.36 Å². The van der Waals surface area contributed by atoms with E-state index in [1.165, 1.54) is 17.7 Å². The fraction of sp³-hybridized carbons (Fsp3) is 0.143. The van der Waals surface area contributed by atoms with Crippen molar-refractivity contribution in [1.29, 1.82) is 0 Å². The Labute approximate surface area is 144 Å². The van der Waals surface area contributed by atoms with Crippen LogP contribution in [0.4, 0.5) is 13.2 Å². The average Bonchev–Trinajstić information content (AvgIpc) is 2.55. The van der Waals surface area contributed by atoms with Crippen LogP contribution >= 0.6 is 0 Å². The van der Waals surface area contributed by atoms with Gasteiger partial charge in [-0.05, 0) is 53.8 Å². The van der Waals surface area contributed by atoms with E-state index < -0.39 is 6.36 Å². The van der Waals surface area contributed by atoms with Gasteiger partial charge in [0.15, 0.2) is 0 Å². The summed E-state index contributed by atoms with van der Waals surface area (Å²) in [5.74, 6) is -0.217. The SMILES string of the molecule is Cc1ccc(-c2ccc(-c3ccc(OC(F)(F)F)cc3)c(C)c2)cc1. The van der Waals surface area contributed by atoms with Crippen LogP contribution < -0.4 is 4.74 Å². The van der Waals surface area contributed by atoms with Crippen molar-refractivity contribution < 1.29 is 17.9 Å². The molecule has 128 valence electrons. The van der Waals surface area contributed by atoms with Gasteiger partial charge in [-0.3, -0.25) is 0 Å². The summed E-state index contributed by atoms with van der Waals surface area (Å²) in [6, 6.07) is 20.3. The predicted octanol–water partition coefficient (Wildman–Crippen LogP) is 6.54. The van der Waals surface area contributed by atoms with Crippen molar-refractivity contribution in [2.45, 2.75) is 20.2 Å². The number of alkyl halides is 3. The van der Waals surface area contributed by atoms with Gasteiger partial charge in [0.05, 0.1) is 0 Å². The maximum Gasteiger partial charge on any atom is 0.573 e. The molecule has 3 aromatic carbocycles. The molecule has 3 aromatic rings. The maximum absolute atomic E-state index is 12.2. The molecule has 0 amide bonds. The summed E-state index contributed by atoms with van der Waals surface area (Å²) in [6.45, 7) is 4.04. The van der Waals surface area contributed by atoms with E-state index in [0.29, 0.717) is 0 Å². The number of hydrogen-bond donors (Lipinski definition) is 0. The number of halogens is 3. The zero-order valence-corrected chi connectivity index (χ0v) is 13.9. The third-order valence-electron chi connectivity index (χ3n) is 4.01. The minimum absolute atomic E-state index is 0.217. The molecule has 0 saturated carbocycles. The summed E-state index contributed by atoms with van der Waals surface area (Å²) in [5, 5.41) is 0. The molecule has 0 saturated heterocycles. The normalized spacial score (nSPS) is 11.4. The summed E-state index contributed by atoms with van der Waals surface area (Å²) in [4.78, 5) is 0. The first-order valence-corrected chi connectivity index (χ1v) is 7.86. The molecule has 0 unspecified atom stereocenters. The van der Waals surface area contributed by atoms with Gasteiger partial charge in [0.25, 0.3) is 0 Å². The molecule has 0 atom stereocenters. The van der Waals surface area contributed by atoms with Crippen LogP contribution in [0, 0.1) is 13.8 Å². The monoisotopic (exact) mass is 342 g/mol. The minimum atomic E-state index is -4.67. The molecule has 0 fully saturated rings. The lowest BCUT2D eigenvalue weighted by Crippen LogP contribution is -2.16. The quantitative estimate of drug-likeness (QED) is 0.525. The van der Waals surface area contributed by atoms with E-state index in [0.717, 1.165) is 27.8 Å². The molecule has 0 aromatic heterocycles. The van der Waals surface area contributed by atoms with Crippen LogP contribution in [0.3, 0.4) is 0 Å². The van der Waals surface area contributed by atoms with Crippen molar-refractivity contribution >= 4 is 0 Å². The molecule has 25 heavy (non-hydrogen) atoms. The molecule has 3 rings (SSSR count). The van der Waals surface area contributed by atoms with Gasteiger partial charge in [-0.15, -0.1) is 13.2 Å². The van der Waals surface area contributed by atoms with Crippen molar-refractivity contribution in [3.63, 3.8) is 0 Å². The molecular formula is C21H17F3O. The fourth-order valence-corrected chi connectivity index (χ4v) is 2.75. The first-order valence-electron chi connectivity index (χ1n) is 7.86. The van der Waals surface area contributed by atoms with Crippen LogP contribution in [0.5, 0.6) is 5.75 Å². The second-order valence-corrected chi connectivity index (χ2v) is 5.97. The Morgan fingerprint density at radius 2 is 1.24 bits per heavy atom. The molecule has 4 heteroatoms. The van der Waals surface area contributed by atoms with Crippen molar-refractivity contribution in [3.05, 3.63) is 77.9 Å². The van der Waals surface area contributed by atoms with Gasteiger partial charge >= 0.3 is 6.36 Å². The summed E-state index contributed by atoms with van der Waals surface area (Å²) in [6.07, 6.45) is -4.67. The fourth-order valence-electron chi connectivity index (χ4n) is 2.75. The van der Waals surface area contributed by atoms with E-state index in [-0.39, 0.29) is 5.75 Å². The molecule has 0 aliphatic carbocycles. The molecule has 0 heterocycles. The van der Waals surface area contributed by atoms with E-state index in [1.807, 2.05) is 26.0 Å². The molecule has 0 aliphatic heterocycles. The highest BCUT2D eigenvalue weighted by Crippen LogP contribution is 2.31. The number of aryl methyl sites for hydroxylation is 2. The Morgan fingerprint density at radius 3 is 1.80 bits per heavy atom. The highest BCUT2D eigenvalue weighted by Gasteiger charge is 2.30. The molecule has 1 nitrogen and oxygen atoms in total. The van der Waals surface area contributed by atoms with Gasteiger partial charge in [-0.1, -0.05) is 60.2 Å². The summed E-state index contributed by atoms with van der Waals surface area (Å²) >= 11 is 0. The summed E-state index contributed by atoms with van der Waals surface area (Å²) < 4.78 is 40.6. The molecule has 0 aliphatic rings. The lowest BCUT2D eigenvalue weighted by Gasteiger charge is -2.12. The summed E-state index contributed by atoms with van der Waals surface area (Å²) in [7, 11) is 0. The zero-order valence-electron chi connectivity index (χ0n) is 13.9. The minimum Gasteiger partial charge on any atom is -0.406 e. The Kier molecular flexibility index (Phi) is 4.53. The van der Waals surface area contributed by atoms with E-state index in [4.69, 9.17) is 0 Å². The van der Waals surface area contributed by atoms with Crippen LogP contribution in [0.1, 0.15) is 11.1 Å². The second kappa shape index (κ2) is 6.63. The van der Waals surface area contributed by atoms with Gasteiger partial charge in [0.1, 0.15) is 5.75 Å². The van der Waals surface area contributed by atoms with Gasteiger partial charge in [-0.25, -0.2) is 0 Å². The van der Waals surface area contributed by atoms with Gasteiger partial charge < -0.3 is 4.74 Å². The Balaban J connectivity index is 1.87. The first kappa shape index (κ1) is 17.1. The van der Waals surface area contributed by atoms with Crippen molar-refractivity contribution in [2.75, 3.05) is 0 Å². The molecule has 0 bridgehead atoms. The predicted molar refractivity (Wildman–Crippen MR) is 93.5 cm³/mol. The van der Waals surface area contributed by atoms with E-state index in [9.17, 15) is 13.2 Å². The Bertz CT molecular complexity index is 863. The smallest absolute Gasteiger partial charge is 0.406 e.